The van der Waals surface area contributed by atoms with Gasteiger partial charge >= 0.3 is 0 Å². The minimum Gasteiger partial charge on any atom is -0.244 e. The van der Waals surface area contributed by atoms with Gasteiger partial charge in [0.15, 0.2) is 0 Å². The number of thioether (sulfide) groups is 1. The Kier molecular flexibility index (Phi) is 3.77. The standard InChI is InChI=1S/C12H16F2S/c1-8-6-11(9(2)5-10(8)13)15-7-12(3,4)14/h5-6H,7H2,1-4H3. The maximum atomic E-state index is 13.3. The van der Waals surface area contributed by atoms with E-state index in [1.807, 2.05) is 6.92 Å². The summed E-state index contributed by atoms with van der Waals surface area (Å²) in [5, 5.41) is 0. The van der Waals surface area contributed by atoms with E-state index in [4.69, 9.17) is 0 Å². The molecule has 0 N–H and O–H groups in total. The lowest BCUT2D eigenvalue weighted by atomic mass is 10.1. The monoisotopic (exact) mass is 230 g/mol. The van der Waals surface area contributed by atoms with Crippen molar-refractivity contribution in [2.75, 3.05) is 5.75 Å². The minimum absolute atomic E-state index is 0.198. The Bertz CT molecular complexity index is 353. The number of rotatable bonds is 3. The predicted octanol–water partition coefficient (Wildman–Crippen LogP) is 4.28. The molecule has 0 nitrogen and oxygen atoms in total. The molecule has 0 amide bonds. The lowest BCUT2D eigenvalue weighted by Crippen LogP contribution is -2.15. The van der Waals surface area contributed by atoms with E-state index in [0.717, 1.165) is 10.5 Å². The highest BCUT2D eigenvalue weighted by Gasteiger charge is 2.16. The van der Waals surface area contributed by atoms with Crippen LogP contribution in [0.3, 0.4) is 0 Å². The van der Waals surface area contributed by atoms with E-state index >= 15 is 0 Å². The summed E-state index contributed by atoms with van der Waals surface area (Å²) < 4.78 is 26.4. The van der Waals surface area contributed by atoms with Crippen LogP contribution < -0.4 is 0 Å². The number of hydrogen-bond acceptors (Lipinski definition) is 1. The van der Waals surface area contributed by atoms with Crippen LogP contribution in [0.25, 0.3) is 0 Å². The summed E-state index contributed by atoms with van der Waals surface area (Å²) >= 11 is 1.44. The van der Waals surface area contributed by atoms with Crippen molar-refractivity contribution in [3.05, 3.63) is 29.1 Å². The average molecular weight is 230 g/mol. The van der Waals surface area contributed by atoms with Crippen molar-refractivity contribution in [2.45, 2.75) is 38.3 Å². The summed E-state index contributed by atoms with van der Waals surface area (Å²) in [7, 11) is 0. The lowest BCUT2D eigenvalue weighted by Gasteiger charge is -2.14. The quantitative estimate of drug-likeness (QED) is 0.698. The molecule has 3 heteroatoms. The number of benzene rings is 1. The van der Waals surface area contributed by atoms with Gasteiger partial charge in [0, 0.05) is 10.6 Å². The van der Waals surface area contributed by atoms with Gasteiger partial charge in [-0.3, -0.25) is 0 Å². The third-order valence-corrected chi connectivity index (χ3v) is 3.61. The van der Waals surface area contributed by atoms with Gasteiger partial charge < -0.3 is 0 Å². The van der Waals surface area contributed by atoms with Gasteiger partial charge in [-0.25, -0.2) is 8.78 Å². The second-order valence-electron chi connectivity index (χ2n) is 4.37. The summed E-state index contributed by atoms with van der Waals surface area (Å²) in [6, 6.07) is 3.28. The zero-order valence-electron chi connectivity index (χ0n) is 9.53. The van der Waals surface area contributed by atoms with Gasteiger partial charge in [0.05, 0.1) is 0 Å². The van der Waals surface area contributed by atoms with Gasteiger partial charge in [-0.15, -0.1) is 11.8 Å². The minimum atomic E-state index is -1.20. The normalized spacial score (nSPS) is 11.9. The fourth-order valence-electron chi connectivity index (χ4n) is 1.16. The summed E-state index contributed by atoms with van der Waals surface area (Å²) in [6.45, 7) is 6.66. The Morgan fingerprint density at radius 2 is 1.80 bits per heavy atom. The zero-order valence-corrected chi connectivity index (χ0v) is 10.3. The molecule has 0 saturated carbocycles. The van der Waals surface area contributed by atoms with Crippen LogP contribution in [0.4, 0.5) is 8.78 Å². The third-order valence-electron chi connectivity index (χ3n) is 2.03. The molecule has 1 aromatic carbocycles. The Labute approximate surface area is 94.1 Å². The van der Waals surface area contributed by atoms with E-state index in [2.05, 4.69) is 0 Å². The molecule has 0 saturated heterocycles. The van der Waals surface area contributed by atoms with Gasteiger partial charge in [0.2, 0.25) is 0 Å². The number of alkyl halides is 1. The van der Waals surface area contributed by atoms with Crippen LogP contribution in [0.2, 0.25) is 0 Å². The van der Waals surface area contributed by atoms with E-state index in [1.165, 1.54) is 17.8 Å². The molecule has 0 heterocycles. The van der Waals surface area contributed by atoms with Crippen molar-refractivity contribution >= 4 is 11.8 Å². The van der Waals surface area contributed by atoms with Gasteiger partial charge in [0.25, 0.3) is 0 Å². The fourth-order valence-corrected chi connectivity index (χ4v) is 2.20. The van der Waals surface area contributed by atoms with Crippen molar-refractivity contribution in [3.8, 4) is 0 Å². The maximum Gasteiger partial charge on any atom is 0.126 e. The van der Waals surface area contributed by atoms with Crippen LogP contribution in [-0.2, 0) is 0 Å². The summed E-state index contributed by atoms with van der Waals surface area (Å²) in [4.78, 5) is 0.958. The molecule has 0 aromatic heterocycles. The molecule has 0 aliphatic carbocycles. The Balaban J connectivity index is 2.82. The Morgan fingerprint density at radius 3 is 2.33 bits per heavy atom. The number of halogens is 2. The van der Waals surface area contributed by atoms with Crippen LogP contribution in [0.5, 0.6) is 0 Å². The van der Waals surface area contributed by atoms with E-state index in [1.54, 1.807) is 26.8 Å². The van der Waals surface area contributed by atoms with Gasteiger partial charge in [-0.2, -0.15) is 0 Å². The summed E-state index contributed by atoms with van der Waals surface area (Å²) in [5.74, 6) is 0.190. The molecule has 0 bridgehead atoms. The molecule has 0 aliphatic heterocycles. The van der Waals surface area contributed by atoms with Crippen molar-refractivity contribution in [1.29, 1.82) is 0 Å². The highest BCUT2D eigenvalue weighted by molar-refractivity contribution is 7.99. The van der Waals surface area contributed by atoms with E-state index in [0.29, 0.717) is 11.3 Å². The van der Waals surface area contributed by atoms with Gasteiger partial charge in [-0.05, 0) is 51.0 Å². The Hall–Kier alpha value is -0.570. The third kappa shape index (κ3) is 3.82. The van der Waals surface area contributed by atoms with Gasteiger partial charge in [-0.1, -0.05) is 0 Å². The maximum absolute atomic E-state index is 13.3. The van der Waals surface area contributed by atoms with Crippen LogP contribution in [0, 0.1) is 19.7 Å². The smallest absolute Gasteiger partial charge is 0.126 e. The second kappa shape index (κ2) is 4.52. The molecule has 15 heavy (non-hydrogen) atoms. The first-order valence-corrected chi connectivity index (χ1v) is 5.86. The SMILES string of the molecule is Cc1cc(SCC(C)(C)F)c(C)cc1F. The highest BCUT2D eigenvalue weighted by atomic mass is 32.2. The van der Waals surface area contributed by atoms with E-state index in [9.17, 15) is 8.78 Å². The zero-order chi connectivity index (χ0) is 11.6. The van der Waals surface area contributed by atoms with Crippen molar-refractivity contribution in [3.63, 3.8) is 0 Å². The second-order valence-corrected chi connectivity index (χ2v) is 5.39. The molecule has 84 valence electrons. The van der Waals surface area contributed by atoms with E-state index in [-0.39, 0.29) is 5.82 Å². The average Bonchev–Trinajstić information content (AvgIpc) is 2.07. The predicted molar refractivity (Wildman–Crippen MR) is 61.8 cm³/mol. The molecule has 0 spiro atoms. The highest BCUT2D eigenvalue weighted by Crippen LogP contribution is 2.28. The van der Waals surface area contributed by atoms with Crippen LogP contribution >= 0.6 is 11.8 Å². The first kappa shape index (κ1) is 12.5. The Morgan fingerprint density at radius 1 is 1.20 bits per heavy atom. The summed E-state index contributed by atoms with van der Waals surface area (Å²) in [5.41, 5.74) is 0.284. The molecular formula is C12H16F2S. The molecular weight excluding hydrogens is 214 g/mol. The van der Waals surface area contributed by atoms with E-state index < -0.39 is 5.67 Å². The number of aryl methyl sites for hydroxylation is 2. The first-order chi connectivity index (χ1) is 6.79. The first-order valence-electron chi connectivity index (χ1n) is 4.88. The molecule has 1 rings (SSSR count). The largest absolute Gasteiger partial charge is 0.244 e. The molecule has 0 unspecified atom stereocenters. The van der Waals surface area contributed by atoms with Crippen LogP contribution in [-0.4, -0.2) is 11.4 Å². The fraction of sp³-hybridized carbons (Fsp3) is 0.500. The topological polar surface area (TPSA) is 0 Å². The van der Waals surface area contributed by atoms with Crippen LogP contribution in [0.1, 0.15) is 25.0 Å². The molecule has 0 atom stereocenters. The van der Waals surface area contributed by atoms with Crippen molar-refractivity contribution < 1.29 is 8.78 Å². The lowest BCUT2D eigenvalue weighted by molar-refractivity contribution is 0.253. The van der Waals surface area contributed by atoms with Crippen molar-refractivity contribution in [2.24, 2.45) is 0 Å². The number of hydrogen-bond donors (Lipinski definition) is 0. The molecule has 1 aromatic rings. The van der Waals surface area contributed by atoms with Gasteiger partial charge in [0.1, 0.15) is 11.5 Å². The molecule has 0 radical (unpaired) electrons. The van der Waals surface area contributed by atoms with Crippen LogP contribution in [0.15, 0.2) is 17.0 Å². The molecule has 0 fully saturated rings. The van der Waals surface area contributed by atoms with Crippen molar-refractivity contribution in [1.82, 2.24) is 0 Å². The molecule has 0 aliphatic rings. The summed E-state index contributed by atoms with van der Waals surface area (Å²) in [6.07, 6.45) is 0.